The molecule has 7 nitrogen and oxygen atoms in total. The minimum absolute atomic E-state index is 0.301. The van der Waals surface area contributed by atoms with E-state index in [1.165, 1.54) is 0 Å². The van der Waals surface area contributed by atoms with Gasteiger partial charge in [-0.05, 0) is 43.5 Å². The van der Waals surface area contributed by atoms with Gasteiger partial charge in [0, 0.05) is 24.3 Å². The minimum atomic E-state index is -3.46. The molecule has 1 aromatic heterocycles. The molecular formula is C21H24N4O3S. The van der Waals surface area contributed by atoms with E-state index in [4.69, 9.17) is 4.52 Å². The molecule has 0 atom stereocenters. The number of anilines is 1. The quantitative estimate of drug-likeness (QED) is 0.662. The van der Waals surface area contributed by atoms with E-state index in [2.05, 4.69) is 15.5 Å². The monoisotopic (exact) mass is 412 g/mol. The molecule has 1 N–H and O–H groups in total. The molecule has 1 aliphatic rings. The lowest BCUT2D eigenvalue weighted by Crippen LogP contribution is -2.35. The Labute approximate surface area is 170 Å². The number of nitrogens with zero attached hydrogens (tertiary/aromatic N) is 3. The first-order valence-corrected chi connectivity index (χ1v) is 11.2. The maximum atomic E-state index is 12.9. The van der Waals surface area contributed by atoms with Crippen LogP contribution in [0.25, 0.3) is 11.4 Å². The molecule has 8 heteroatoms. The lowest BCUT2D eigenvalue weighted by Gasteiger charge is -2.26. The van der Waals surface area contributed by atoms with Crippen LogP contribution in [0.5, 0.6) is 0 Å². The lowest BCUT2D eigenvalue weighted by atomic mass is 10.1. The van der Waals surface area contributed by atoms with Crippen molar-refractivity contribution >= 4 is 15.7 Å². The smallest absolute Gasteiger partial charge is 0.246 e. The van der Waals surface area contributed by atoms with Crippen molar-refractivity contribution in [3.8, 4) is 11.4 Å². The molecule has 0 aliphatic carbocycles. The summed E-state index contributed by atoms with van der Waals surface area (Å²) in [5.41, 5.74) is 2.69. The predicted molar refractivity (Wildman–Crippen MR) is 111 cm³/mol. The molecule has 0 radical (unpaired) electrons. The van der Waals surface area contributed by atoms with Crippen LogP contribution in [0.3, 0.4) is 0 Å². The van der Waals surface area contributed by atoms with Crippen LogP contribution >= 0.6 is 0 Å². The Morgan fingerprint density at radius 3 is 2.66 bits per heavy atom. The van der Waals surface area contributed by atoms with Gasteiger partial charge in [-0.1, -0.05) is 41.9 Å². The maximum absolute atomic E-state index is 12.9. The van der Waals surface area contributed by atoms with E-state index >= 15 is 0 Å². The van der Waals surface area contributed by atoms with Gasteiger partial charge in [0.25, 0.3) is 0 Å². The fraction of sp³-hybridized carbons (Fsp3) is 0.333. The van der Waals surface area contributed by atoms with Gasteiger partial charge >= 0.3 is 0 Å². The maximum Gasteiger partial charge on any atom is 0.246 e. The summed E-state index contributed by atoms with van der Waals surface area (Å²) in [6.07, 6.45) is 2.91. The third-order valence-electron chi connectivity index (χ3n) is 5.08. The van der Waals surface area contributed by atoms with Crippen molar-refractivity contribution in [2.45, 2.75) is 37.6 Å². The number of aryl methyl sites for hydroxylation is 1. The Morgan fingerprint density at radius 2 is 1.86 bits per heavy atom. The van der Waals surface area contributed by atoms with Crippen molar-refractivity contribution in [3.05, 3.63) is 60.0 Å². The first-order valence-electron chi connectivity index (χ1n) is 9.77. The van der Waals surface area contributed by atoms with Crippen molar-refractivity contribution in [3.63, 3.8) is 0 Å². The molecule has 0 bridgehead atoms. The molecule has 1 aliphatic heterocycles. The van der Waals surface area contributed by atoms with Crippen molar-refractivity contribution in [1.82, 2.24) is 14.4 Å². The number of hydrogen-bond donors (Lipinski definition) is 1. The molecular weight excluding hydrogens is 388 g/mol. The van der Waals surface area contributed by atoms with Crippen LogP contribution in [-0.4, -0.2) is 36.0 Å². The molecule has 2 heterocycles. The highest BCUT2D eigenvalue weighted by atomic mass is 32.2. The summed E-state index contributed by atoms with van der Waals surface area (Å²) in [5.74, 6) is 0.980. The van der Waals surface area contributed by atoms with Crippen molar-refractivity contribution in [2.24, 2.45) is 0 Å². The molecule has 1 fully saturated rings. The van der Waals surface area contributed by atoms with Gasteiger partial charge in [0.05, 0.1) is 11.4 Å². The first-order chi connectivity index (χ1) is 14.0. The molecule has 152 valence electrons. The van der Waals surface area contributed by atoms with Gasteiger partial charge < -0.3 is 9.84 Å². The Hall–Kier alpha value is -2.71. The minimum Gasteiger partial charge on any atom is -0.376 e. The van der Waals surface area contributed by atoms with E-state index in [1.54, 1.807) is 22.5 Å². The second-order valence-corrected chi connectivity index (χ2v) is 9.11. The first kappa shape index (κ1) is 19.6. The van der Waals surface area contributed by atoms with Crippen molar-refractivity contribution in [1.29, 1.82) is 0 Å². The second-order valence-electron chi connectivity index (χ2n) is 7.17. The molecule has 1 saturated heterocycles. The van der Waals surface area contributed by atoms with E-state index in [0.717, 1.165) is 30.4 Å². The number of sulfonamides is 1. The van der Waals surface area contributed by atoms with E-state index < -0.39 is 10.0 Å². The zero-order chi connectivity index (χ0) is 20.3. The van der Waals surface area contributed by atoms with Crippen LogP contribution < -0.4 is 5.32 Å². The summed E-state index contributed by atoms with van der Waals surface area (Å²) in [4.78, 5) is 4.74. The van der Waals surface area contributed by atoms with Crippen LogP contribution in [0, 0.1) is 6.92 Å². The Kier molecular flexibility index (Phi) is 5.64. The van der Waals surface area contributed by atoms with E-state index in [0.29, 0.717) is 41.9 Å². The van der Waals surface area contributed by atoms with Gasteiger partial charge in [0.2, 0.25) is 21.7 Å². The fourth-order valence-electron chi connectivity index (χ4n) is 3.46. The highest BCUT2D eigenvalue weighted by Crippen LogP contribution is 2.24. The number of piperidine rings is 1. The molecule has 3 aromatic rings. The summed E-state index contributed by atoms with van der Waals surface area (Å²) >= 11 is 0. The van der Waals surface area contributed by atoms with Crippen LogP contribution in [0.15, 0.2) is 57.9 Å². The molecule has 2 aromatic carbocycles. The SMILES string of the molecule is Cc1ccccc1-c1noc(CNc2cccc(S(=O)(=O)N3CCCCC3)c2)n1. The van der Waals surface area contributed by atoms with Crippen LogP contribution in [-0.2, 0) is 16.6 Å². The fourth-order valence-corrected chi connectivity index (χ4v) is 5.02. The molecule has 29 heavy (non-hydrogen) atoms. The largest absolute Gasteiger partial charge is 0.376 e. The number of benzene rings is 2. The van der Waals surface area contributed by atoms with Gasteiger partial charge in [0.15, 0.2) is 0 Å². The summed E-state index contributed by atoms with van der Waals surface area (Å²) < 4.78 is 32.6. The standard InChI is InChI=1S/C21H24N4O3S/c1-16-8-3-4-11-19(16)21-23-20(28-24-21)15-22-17-9-7-10-18(14-17)29(26,27)25-12-5-2-6-13-25/h3-4,7-11,14,22H,2,5-6,12-13,15H2,1H3. The van der Waals surface area contributed by atoms with Crippen molar-refractivity contribution in [2.75, 3.05) is 18.4 Å². The van der Waals surface area contributed by atoms with Gasteiger partial charge in [-0.15, -0.1) is 0 Å². The Bertz CT molecular complexity index is 1090. The highest BCUT2D eigenvalue weighted by molar-refractivity contribution is 7.89. The molecule has 0 saturated carbocycles. The highest BCUT2D eigenvalue weighted by Gasteiger charge is 2.26. The van der Waals surface area contributed by atoms with E-state index in [1.807, 2.05) is 37.3 Å². The second kappa shape index (κ2) is 8.34. The number of hydrogen-bond acceptors (Lipinski definition) is 6. The molecule has 0 amide bonds. The number of rotatable bonds is 6. The number of aromatic nitrogens is 2. The molecule has 0 spiro atoms. The summed E-state index contributed by atoms with van der Waals surface area (Å²) in [6.45, 7) is 3.48. The van der Waals surface area contributed by atoms with Crippen molar-refractivity contribution < 1.29 is 12.9 Å². The van der Waals surface area contributed by atoms with Gasteiger partial charge in [0.1, 0.15) is 0 Å². The predicted octanol–water partition coefficient (Wildman–Crippen LogP) is 3.83. The third-order valence-corrected chi connectivity index (χ3v) is 6.98. The Balaban J connectivity index is 1.46. The summed E-state index contributed by atoms with van der Waals surface area (Å²) in [6, 6.07) is 14.7. The lowest BCUT2D eigenvalue weighted by molar-refractivity contribution is 0.346. The zero-order valence-corrected chi connectivity index (χ0v) is 17.2. The zero-order valence-electron chi connectivity index (χ0n) is 16.3. The van der Waals surface area contributed by atoms with E-state index in [-0.39, 0.29) is 0 Å². The van der Waals surface area contributed by atoms with Crippen LogP contribution in [0.1, 0.15) is 30.7 Å². The van der Waals surface area contributed by atoms with Crippen LogP contribution in [0.4, 0.5) is 5.69 Å². The Morgan fingerprint density at radius 1 is 1.07 bits per heavy atom. The molecule has 0 unspecified atom stereocenters. The van der Waals surface area contributed by atoms with Gasteiger partial charge in [-0.25, -0.2) is 8.42 Å². The normalized spacial score (nSPS) is 15.3. The molecule has 4 rings (SSSR count). The third kappa shape index (κ3) is 4.33. The average Bonchev–Trinajstić information content (AvgIpc) is 3.22. The number of nitrogens with one attached hydrogen (secondary N) is 1. The summed E-state index contributed by atoms with van der Waals surface area (Å²) in [7, 11) is -3.46. The average molecular weight is 413 g/mol. The van der Waals surface area contributed by atoms with Gasteiger partial charge in [-0.2, -0.15) is 9.29 Å². The van der Waals surface area contributed by atoms with Gasteiger partial charge in [-0.3, -0.25) is 0 Å². The summed E-state index contributed by atoms with van der Waals surface area (Å²) in [5, 5.41) is 7.23. The van der Waals surface area contributed by atoms with E-state index in [9.17, 15) is 8.42 Å². The topological polar surface area (TPSA) is 88.3 Å². The van der Waals surface area contributed by atoms with Crippen LogP contribution in [0.2, 0.25) is 0 Å².